The summed E-state index contributed by atoms with van der Waals surface area (Å²) in [5, 5.41) is 23.7. The van der Waals surface area contributed by atoms with Crippen LogP contribution in [0.2, 0.25) is 0 Å². The van der Waals surface area contributed by atoms with Crippen LogP contribution in [0.25, 0.3) is 0 Å². The highest BCUT2D eigenvalue weighted by molar-refractivity contribution is 5.77. The molecule has 0 aliphatic heterocycles. The van der Waals surface area contributed by atoms with Gasteiger partial charge in [-0.2, -0.15) is 0 Å². The van der Waals surface area contributed by atoms with Crippen molar-refractivity contribution >= 4 is 11.9 Å². The lowest BCUT2D eigenvalue weighted by atomic mass is 10.0. The number of esters is 1. The van der Waals surface area contributed by atoms with E-state index in [1.165, 1.54) is 122 Å². The van der Waals surface area contributed by atoms with Crippen LogP contribution in [0.4, 0.5) is 0 Å². The lowest BCUT2D eigenvalue weighted by molar-refractivity contribution is -0.151. The highest BCUT2D eigenvalue weighted by atomic mass is 16.5. The lowest BCUT2D eigenvalue weighted by Crippen LogP contribution is -2.46. The number of carbonyl (C=O) groups excluding carboxylic acids is 2. The molecule has 54 heavy (non-hydrogen) atoms. The maximum absolute atomic E-state index is 13.1. The quantitative estimate of drug-likeness (QED) is 0.0327. The van der Waals surface area contributed by atoms with Crippen LogP contribution in [0.5, 0.6) is 0 Å². The molecular weight excluding hydrogens is 671 g/mol. The second-order valence-electron chi connectivity index (χ2n) is 16.2. The van der Waals surface area contributed by atoms with Crippen molar-refractivity contribution in [1.82, 2.24) is 5.32 Å². The van der Waals surface area contributed by atoms with Gasteiger partial charge in [-0.3, -0.25) is 9.59 Å². The van der Waals surface area contributed by atoms with Gasteiger partial charge in [0.25, 0.3) is 0 Å². The molecule has 6 heteroatoms. The standard InChI is InChI=1S/C48H91NO5/c1-4-7-10-13-16-19-22-23-24-25-26-28-31-34-37-40-46(51)45(43-50)49-47(52)42-44(39-36-33-30-27-20-17-14-11-8-5-2)54-48(53)41-38-35-32-29-21-18-15-12-9-6-3/h12,15,17,20,44-46,50-51H,4-11,13-14,16,18-19,21-43H2,1-3H3,(H,49,52)/b15-12-,20-17-. The van der Waals surface area contributed by atoms with Crippen LogP contribution in [0, 0.1) is 0 Å². The molecule has 0 spiro atoms. The van der Waals surface area contributed by atoms with Crippen molar-refractivity contribution in [3.63, 3.8) is 0 Å². The normalized spacial score (nSPS) is 13.5. The van der Waals surface area contributed by atoms with Crippen LogP contribution in [0.15, 0.2) is 24.3 Å². The number of amides is 1. The lowest BCUT2D eigenvalue weighted by Gasteiger charge is -2.24. The molecule has 3 unspecified atom stereocenters. The van der Waals surface area contributed by atoms with E-state index in [1.807, 2.05) is 0 Å². The van der Waals surface area contributed by atoms with E-state index < -0.39 is 18.2 Å². The summed E-state index contributed by atoms with van der Waals surface area (Å²) in [5.74, 6) is -0.498. The Morgan fingerprint density at radius 3 is 1.44 bits per heavy atom. The molecular formula is C48H91NO5. The van der Waals surface area contributed by atoms with Crippen LogP contribution in [-0.4, -0.2) is 46.9 Å². The topological polar surface area (TPSA) is 95.9 Å². The van der Waals surface area contributed by atoms with E-state index >= 15 is 0 Å². The van der Waals surface area contributed by atoms with E-state index in [9.17, 15) is 19.8 Å². The molecule has 3 N–H and O–H groups in total. The summed E-state index contributed by atoms with van der Waals surface area (Å²) < 4.78 is 5.87. The minimum atomic E-state index is -0.788. The van der Waals surface area contributed by atoms with Crippen molar-refractivity contribution in [2.24, 2.45) is 0 Å². The second-order valence-corrected chi connectivity index (χ2v) is 16.2. The first kappa shape index (κ1) is 52.3. The zero-order valence-electron chi connectivity index (χ0n) is 36.1. The number of aliphatic hydroxyl groups excluding tert-OH is 2. The molecule has 3 atom stereocenters. The van der Waals surface area contributed by atoms with Gasteiger partial charge in [-0.25, -0.2) is 0 Å². The number of allylic oxidation sites excluding steroid dienone is 4. The van der Waals surface area contributed by atoms with Gasteiger partial charge in [-0.05, 0) is 70.6 Å². The SMILES string of the molecule is CCC/C=C\CCCCCCCC(=O)OC(CCCCC/C=C\CCCCC)CC(=O)NC(CO)C(O)CCCCCCCCCCCCCCCCC. The van der Waals surface area contributed by atoms with Crippen molar-refractivity contribution in [3.8, 4) is 0 Å². The molecule has 0 saturated heterocycles. The van der Waals surface area contributed by atoms with Gasteiger partial charge < -0.3 is 20.3 Å². The minimum absolute atomic E-state index is 0.0663. The average molecular weight is 762 g/mol. The molecule has 0 aromatic rings. The van der Waals surface area contributed by atoms with Crippen molar-refractivity contribution in [3.05, 3.63) is 24.3 Å². The van der Waals surface area contributed by atoms with Crippen LogP contribution in [-0.2, 0) is 14.3 Å². The number of unbranched alkanes of at least 4 members (excludes halogenated alkanes) is 26. The molecule has 0 aromatic heterocycles. The van der Waals surface area contributed by atoms with Gasteiger partial charge in [0, 0.05) is 6.42 Å². The van der Waals surface area contributed by atoms with E-state index in [1.54, 1.807) is 0 Å². The van der Waals surface area contributed by atoms with Crippen molar-refractivity contribution in [2.45, 2.75) is 264 Å². The van der Waals surface area contributed by atoms with Crippen molar-refractivity contribution in [2.75, 3.05) is 6.61 Å². The first-order valence-electron chi connectivity index (χ1n) is 23.6. The van der Waals surface area contributed by atoms with Gasteiger partial charge >= 0.3 is 5.97 Å². The highest BCUT2D eigenvalue weighted by Crippen LogP contribution is 2.17. The minimum Gasteiger partial charge on any atom is -0.462 e. The van der Waals surface area contributed by atoms with Gasteiger partial charge in [-0.1, -0.05) is 186 Å². The Kier molecular flexibility index (Phi) is 41.2. The summed E-state index contributed by atoms with van der Waals surface area (Å²) in [7, 11) is 0. The molecule has 0 rings (SSSR count). The van der Waals surface area contributed by atoms with Crippen molar-refractivity contribution < 1.29 is 24.5 Å². The number of carbonyl (C=O) groups is 2. The van der Waals surface area contributed by atoms with E-state index in [2.05, 4.69) is 50.4 Å². The fourth-order valence-electron chi connectivity index (χ4n) is 7.13. The number of hydrogen-bond donors (Lipinski definition) is 3. The smallest absolute Gasteiger partial charge is 0.306 e. The predicted octanol–water partition coefficient (Wildman–Crippen LogP) is 13.6. The van der Waals surface area contributed by atoms with Gasteiger partial charge in [-0.15, -0.1) is 0 Å². The van der Waals surface area contributed by atoms with Crippen molar-refractivity contribution in [1.29, 1.82) is 0 Å². The summed E-state index contributed by atoms with van der Waals surface area (Å²) >= 11 is 0. The fourth-order valence-corrected chi connectivity index (χ4v) is 7.13. The van der Waals surface area contributed by atoms with E-state index in [0.717, 1.165) is 77.0 Å². The average Bonchev–Trinajstić information content (AvgIpc) is 3.16. The number of ether oxygens (including phenoxy) is 1. The summed E-state index contributed by atoms with van der Waals surface area (Å²) in [6.45, 7) is 6.39. The number of aliphatic hydroxyl groups is 2. The van der Waals surface area contributed by atoms with E-state index in [-0.39, 0.29) is 24.9 Å². The monoisotopic (exact) mass is 762 g/mol. The maximum atomic E-state index is 13.1. The maximum Gasteiger partial charge on any atom is 0.306 e. The van der Waals surface area contributed by atoms with Crippen LogP contribution in [0.3, 0.4) is 0 Å². The van der Waals surface area contributed by atoms with E-state index in [4.69, 9.17) is 4.74 Å². The van der Waals surface area contributed by atoms with Crippen LogP contribution < -0.4 is 5.32 Å². The summed E-state index contributed by atoms with van der Waals surface area (Å²) in [6.07, 6.45) is 46.7. The van der Waals surface area contributed by atoms with Crippen LogP contribution in [0.1, 0.15) is 245 Å². The zero-order valence-corrected chi connectivity index (χ0v) is 36.1. The number of nitrogens with one attached hydrogen (secondary N) is 1. The van der Waals surface area contributed by atoms with E-state index in [0.29, 0.717) is 19.3 Å². The van der Waals surface area contributed by atoms with Gasteiger partial charge in [0.05, 0.1) is 25.2 Å². The molecule has 1 amide bonds. The fraction of sp³-hybridized carbons (Fsp3) is 0.875. The molecule has 0 fully saturated rings. The van der Waals surface area contributed by atoms with Gasteiger partial charge in [0.2, 0.25) is 5.91 Å². The largest absolute Gasteiger partial charge is 0.462 e. The molecule has 0 aromatic carbocycles. The molecule has 0 aliphatic rings. The number of rotatable bonds is 42. The molecule has 0 heterocycles. The Morgan fingerprint density at radius 1 is 0.519 bits per heavy atom. The zero-order chi connectivity index (χ0) is 39.6. The molecule has 0 bridgehead atoms. The summed E-state index contributed by atoms with van der Waals surface area (Å²) in [4.78, 5) is 25.9. The molecule has 0 aliphatic carbocycles. The molecule has 0 saturated carbocycles. The third kappa shape index (κ3) is 37.3. The summed E-state index contributed by atoms with van der Waals surface area (Å²) in [6, 6.07) is -0.702. The van der Waals surface area contributed by atoms with Gasteiger partial charge in [0.1, 0.15) is 6.10 Å². The molecule has 6 nitrogen and oxygen atoms in total. The first-order chi connectivity index (χ1) is 26.5. The summed E-state index contributed by atoms with van der Waals surface area (Å²) in [5.41, 5.74) is 0. The second kappa shape index (κ2) is 42.5. The number of hydrogen-bond acceptors (Lipinski definition) is 5. The molecule has 0 radical (unpaired) electrons. The first-order valence-corrected chi connectivity index (χ1v) is 23.6. The molecule has 318 valence electrons. The Hall–Kier alpha value is -1.66. The Bertz CT molecular complexity index is 858. The highest BCUT2D eigenvalue weighted by Gasteiger charge is 2.24. The Morgan fingerprint density at radius 2 is 0.926 bits per heavy atom. The van der Waals surface area contributed by atoms with Crippen LogP contribution >= 0.6 is 0 Å². The van der Waals surface area contributed by atoms with Gasteiger partial charge in [0.15, 0.2) is 0 Å². The third-order valence-electron chi connectivity index (χ3n) is 10.7. The Balaban J connectivity index is 4.49. The Labute approximate surface area is 335 Å². The predicted molar refractivity (Wildman–Crippen MR) is 232 cm³/mol. The third-order valence-corrected chi connectivity index (χ3v) is 10.7.